The molecule has 1 aromatic rings. The Hall–Kier alpha value is -2.41. The van der Waals surface area contributed by atoms with Crippen molar-refractivity contribution in [2.24, 2.45) is 5.92 Å². The number of amides is 2. The summed E-state index contributed by atoms with van der Waals surface area (Å²) in [5.41, 5.74) is 1.09. The maximum absolute atomic E-state index is 12.2. The quantitative estimate of drug-likeness (QED) is 0.593. The molecule has 1 aliphatic rings. The average Bonchev–Trinajstić information content (AvgIpc) is 3.00. The van der Waals surface area contributed by atoms with Gasteiger partial charge >= 0.3 is 5.97 Å². The second-order valence-corrected chi connectivity index (χ2v) is 5.58. The SMILES string of the molecule is COCCCNC(=O)C1CC(=O)N(c2ccc(C(=O)OC)cc2)C1. The summed E-state index contributed by atoms with van der Waals surface area (Å²) in [5.74, 6) is -1.01. The van der Waals surface area contributed by atoms with Crippen LogP contribution in [0.3, 0.4) is 0 Å². The lowest BCUT2D eigenvalue weighted by Gasteiger charge is -2.17. The molecule has 1 unspecified atom stereocenters. The van der Waals surface area contributed by atoms with E-state index in [1.807, 2.05) is 0 Å². The first-order valence-electron chi connectivity index (χ1n) is 7.82. The third-order valence-corrected chi connectivity index (χ3v) is 3.92. The summed E-state index contributed by atoms with van der Waals surface area (Å²) in [6.07, 6.45) is 0.927. The van der Waals surface area contributed by atoms with Crippen molar-refractivity contribution in [3.63, 3.8) is 0 Å². The van der Waals surface area contributed by atoms with Gasteiger partial charge in [0, 0.05) is 38.9 Å². The summed E-state index contributed by atoms with van der Waals surface area (Å²) in [4.78, 5) is 37.3. The fourth-order valence-electron chi connectivity index (χ4n) is 2.60. The van der Waals surface area contributed by atoms with Crippen LogP contribution in [0.1, 0.15) is 23.2 Å². The lowest BCUT2D eigenvalue weighted by molar-refractivity contribution is -0.126. The topological polar surface area (TPSA) is 84.9 Å². The Morgan fingerprint density at radius 3 is 2.58 bits per heavy atom. The Bertz CT molecular complexity index is 600. The summed E-state index contributed by atoms with van der Waals surface area (Å²) in [6.45, 7) is 1.46. The summed E-state index contributed by atoms with van der Waals surface area (Å²) in [5, 5.41) is 2.82. The minimum Gasteiger partial charge on any atom is -0.465 e. The number of hydrogen-bond donors (Lipinski definition) is 1. The third kappa shape index (κ3) is 4.32. The van der Waals surface area contributed by atoms with E-state index in [2.05, 4.69) is 10.1 Å². The first kappa shape index (κ1) is 17.9. The number of esters is 1. The number of ether oxygens (including phenoxy) is 2. The Morgan fingerprint density at radius 1 is 1.25 bits per heavy atom. The van der Waals surface area contributed by atoms with Crippen LogP contribution >= 0.6 is 0 Å². The van der Waals surface area contributed by atoms with E-state index < -0.39 is 5.97 Å². The summed E-state index contributed by atoms with van der Waals surface area (Å²) in [7, 11) is 2.93. The number of nitrogens with zero attached hydrogens (tertiary/aromatic N) is 1. The van der Waals surface area contributed by atoms with Crippen LogP contribution in [-0.4, -0.2) is 51.7 Å². The molecule has 1 fully saturated rings. The average molecular weight is 334 g/mol. The van der Waals surface area contributed by atoms with Gasteiger partial charge in [-0.3, -0.25) is 9.59 Å². The molecule has 7 nitrogen and oxygen atoms in total. The highest BCUT2D eigenvalue weighted by Crippen LogP contribution is 2.25. The normalized spacial score (nSPS) is 17.0. The van der Waals surface area contributed by atoms with Crippen LogP contribution in [0.5, 0.6) is 0 Å². The van der Waals surface area contributed by atoms with Gasteiger partial charge in [-0.2, -0.15) is 0 Å². The van der Waals surface area contributed by atoms with Crippen LogP contribution in [0.4, 0.5) is 5.69 Å². The number of rotatable bonds is 7. The number of hydrogen-bond acceptors (Lipinski definition) is 5. The molecular formula is C17H22N2O5. The lowest BCUT2D eigenvalue weighted by atomic mass is 10.1. The van der Waals surface area contributed by atoms with Gasteiger partial charge in [0.25, 0.3) is 0 Å². The standard InChI is InChI=1S/C17H22N2O5/c1-23-9-3-8-18-16(21)13-10-15(20)19(11-13)14-6-4-12(5-7-14)17(22)24-2/h4-7,13H,3,8-11H2,1-2H3,(H,18,21). The molecule has 0 aromatic heterocycles. The van der Waals surface area contributed by atoms with Gasteiger partial charge in [-0.05, 0) is 30.7 Å². The molecule has 1 aromatic carbocycles. The van der Waals surface area contributed by atoms with Crippen molar-refractivity contribution in [1.29, 1.82) is 0 Å². The molecule has 7 heteroatoms. The third-order valence-electron chi connectivity index (χ3n) is 3.92. The molecule has 0 bridgehead atoms. The minimum absolute atomic E-state index is 0.0992. The fraction of sp³-hybridized carbons (Fsp3) is 0.471. The molecule has 130 valence electrons. The Balaban J connectivity index is 1.94. The molecular weight excluding hydrogens is 312 g/mol. The van der Waals surface area contributed by atoms with Gasteiger partial charge in [-0.1, -0.05) is 0 Å². The minimum atomic E-state index is -0.428. The fourth-order valence-corrected chi connectivity index (χ4v) is 2.60. The molecule has 1 atom stereocenters. The number of methoxy groups -OCH3 is 2. The monoisotopic (exact) mass is 334 g/mol. The van der Waals surface area contributed by atoms with E-state index >= 15 is 0 Å². The number of carbonyl (C=O) groups excluding carboxylic acids is 3. The first-order chi connectivity index (χ1) is 11.6. The molecule has 1 N–H and O–H groups in total. The molecule has 2 amide bonds. The van der Waals surface area contributed by atoms with Gasteiger partial charge in [-0.15, -0.1) is 0 Å². The van der Waals surface area contributed by atoms with E-state index in [-0.39, 0.29) is 24.2 Å². The van der Waals surface area contributed by atoms with E-state index in [4.69, 9.17) is 4.74 Å². The van der Waals surface area contributed by atoms with Crippen molar-refractivity contribution >= 4 is 23.5 Å². The maximum atomic E-state index is 12.2. The second-order valence-electron chi connectivity index (χ2n) is 5.58. The zero-order chi connectivity index (χ0) is 17.5. The van der Waals surface area contributed by atoms with Crippen LogP contribution in [0.15, 0.2) is 24.3 Å². The van der Waals surface area contributed by atoms with Gasteiger partial charge < -0.3 is 19.7 Å². The van der Waals surface area contributed by atoms with Crippen LogP contribution in [0.2, 0.25) is 0 Å². The molecule has 1 heterocycles. The van der Waals surface area contributed by atoms with Crippen molar-refractivity contribution in [2.75, 3.05) is 38.8 Å². The van der Waals surface area contributed by atoms with Crippen molar-refractivity contribution in [1.82, 2.24) is 5.32 Å². The van der Waals surface area contributed by atoms with Crippen LogP contribution in [0.25, 0.3) is 0 Å². The smallest absolute Gasteiger partial charge is 0.337 e. The first-order valence-corrected chi connectivity index (χ1v) is 7.82. The molecule has 0 aliphatic carbocycles. The summed E-state index contributed by atoms with van der Waals surface area (Å²) < 4.78 is 9.57. The van der Waals surface area contributed by atoms with E-state index in [9.17, 15) is 14.4 Å². The van der Waals surface area contributed by atoms with E-state index in [0.29, 0.717) is 30.9 Å². The molecule has 2 rings (SSSR count). The van der Waals surface area contributed by atoms with Crippen LogP contribution in [0, 0.1) is 5.92 Å². The maximum Gasteiger partial charge on any atom is 0.337 e. The Kier molecular flexibility index (Phi) is 6.31. The highest BCUT2D eigenvalue weighted by Gasteiger charge is 2.34. The second kappa shape index (κ2) is 8.44. The molecule has 0 radical (unpaired) electrons. The van der Waals surface area contributed by atoms with Crippen LogP contribution in [-0.2, 0) is 19.1 Å². The van der Waals surface area contributed by atoms with Crippen molar-refractivity contribution in [3.8, 4) is 0 Å². The number of anilines is 1. The van der Waals surface area contributed by atoms with Crippen LogP contribution < -0.4 is 10.2 Å². The van der Waals surface area contributed by atoms with Crippen molar-refractivity contribution in [3.05, 3.63) is 29.8 Å². The van der Waals surface area contributed by atoms with Gasteiger partial charge in [0.1, 0.15) is 0 Å². The highest BCUT2D eigenvalue weighted by atomic mass is 16.5. The van der Waals surface area contributed by atoms with Gasteiger partial charge in [-0.25, -0.2) is 4.79 Å². The zero-order valence-electron chi connectivity index (χ0n) is 13.9. The molecule has 1 aliphatic heterocycles. The predicted octanol–water partition coefficient (Wildman–Crippen LogP) is 0.979. The molecule has 1 saturated heterocycles. The van der Waals surface area contributed by atoms with Crippen molar-refractivity contribution in [2.45, 2.75) is 12.8 Å². The molecule has 0 spiro atoms. The molecule has 24 heavy (non-hydrogen) atoms. The van der Waals surface area contributed by atoms with E-state index in [1.54, 1.807) is 36.3 Å². The largest absolute Gasteiger partial charge is 0.465 e. The van der Waals surface area contributed by atoms with Gasteiger partial charge in [0.15, 0.2) is 0 Å². The molecule has 0 saturated carbocycles. The number of nitrogens with one attached hydrogen (secondary N) is 1. The Morgan fingerprint density at radius 2 is 1.96 bits per heavy atom. The van der Waals surface area contributed by atoms with Gasteiger partial charge in [0.05, 0.1) is 18.6 Å². The number of carbonyl (C=O) groups is 3. The van der Waals surface area contributed by atoms with Gasteiger partial charge in [0.2, 0.25) is 11.8 Å². The van der Waals surface area contributed by atoms with Crippen molar-refractivity contribution < 1.29 is 23.9 Å². The Labute approximate surface area is 140 Å². The number of benzene rings is 1. The van der Waals surface area contributed by atoms with E-state index in [0.717, 1.165) is 6.42 Å². The van der Waals surface area contributed by atoms with E-state index in [1.165, 1.54) is 7.11 Å². The summed E-state index contributed by atoms with van der Waals surface area (Å²) in [6, 6.07) is 6.57. The lowest BCUT2D eigenvalue weighted by Crippen LogP contribution is -2.33. The zero-order valence-corrected chi connectivity index (χ0v) is 13.9. The highest BCUT2D eigenvalue weighted by molar-refractivity contribution is 6.00. The summed E-state index contributed by atoms with van der Waals surface area (Å²) >= 11 is 0. The predicted molar refractivity (Wildman–Crippen MR) is 87.7 cm³/mol.